The Morgan fingerprint density at radius 3 is 2.21 bits per heavy atom. The van der Waals surface area contributed by atoms with Crippen molar-refractivity contribution in [3.05, 3.63) is 17.0 Å². The Hall–Kier alpha value is -0.395. The SMILES string of the molecule is CC1(C)OB(c2ccc(C3OCCO3)s2)OC1(C)C. The Labute approximate surface area is 118 Å². The van der Waals surface area contributed by atoms with Gasteiger partial charge >= 0.3 is 7.12 Å². The molecule has 0 unspecified atom stereocenters. The van der Waals surface area contributed by atoms with Crippen molar-refractivity contribution in [1.82, 2.24) is 0 Å². The smallest absolute Gasteiger partial charge is 0.399 e. The molecule has 2 saturated heterocycles. The predicted molar refractivity (Wildman–Crippen MR) is 74.7 cm³/mol. The zero-order chi connectivity index (χ0) is 13.7. The fraction of sp³-hybridized carbons (Fsp3) is 0.692. The van der Waals surface area contributed by atoms with Gasteiger partial charge in [-0.3, -0.25) is 0 Å². The van der Waals surface area contributed by atoms with E-state index in [4.69, 9.17) is 18.8 Å². The Bertz CT molecular complexity index is 449. The minimum atomic E-state index is -0.303. The van der Waals surface area contributed by atoms with Crippen LogP contribution in [0.5, 0.6) is 0 Å². The van der Waals surface area contributed by atoms with E-state index in [1.807, 2.05) is 12.1 Å². The van der Waals surface area contributed by atoms with E-state index < -0.39 is 0 Å². The van der Waals surface area contributed by atoms with Gasteiger partial charge in [0.05, 0.1) is 29.3 Å². The molecule has 19 heavy (non-hydrogen) atoms. The first-order chi connectivity index (χ1) is 8.89. The molecule has 0 aliphatic carbocycles. The molecule has 0 aromatic carbocycles. The topological polar surface area (TPSA) is 36.9 Å². The monoisotopic (exact) mass is 282 g/mol. The van der Waals surface area contributed by atoms with Crippen LogP contribution in [0.2, 0.25) is 0 Å². The number of rotatable bonds is 2. The van der Waals surface area contributed by atoms with Gasteiger partial charge in [-0.15, -0.1) is 11.3 Å². The van der Waals surface area contributed by atoms with Crippen molar-refractivity contribution >= 4 is 23.2 Å². The number of ether oxygens (including phenoxy) is 2. The van der Waals surface area contributed by atoms with Crippen molar-refractivity contribution < 1.29 is 18.8 Å². The van der Waals surface area contributed by atoms with Gasteiger partial charge in [0.2, 0.25) is 0 Å². The summed E-state index contributed by atoms with van der Waals surface area (Å²) in [6.45, 7) is 9.56. The number of hydrogen-bond acceptors (Lipinski definition) is 5. The summed E-state index contributed by atoms with van der Waals surface area (Å²) >= 11 is 1.63. The Balaban J connectivity index is 1.77. The molecule has 2 aliphatic heterocycles. The van der Waals surface area contributed by atoms with Crippen LogP contribution in [0.4, 0.5) is 0 Å². The molecule has 6 heteroatoms. The molecule has 0 radical (unpaired) electrons. The summed E-state index contributed by atoms with van der Waals surface area (Å²) in [6, 6.07) is 4.06. The van der Waals surface area contributed by atoms with E-state index >= 15 is 0 Å². The molecule has 0 spiro atoms. The molecule has 0 N–H and O–H groups in total. The van der Waals surface area contributed by atoms with Gasteiger partial charge in [-0.05, 0) is 33.8 Å². The Morgan fingerprint density at radius 1 is 1.05 bits per heavy atom. The van der Waals surface area contributed by atoms with Crippen molar-refractivity contribution in [2.24, 2.45) is 0 Å². The van der Waals surface area contributed by atoms with Crippen molar-refractivity contribution in [2.45, 2.75) is 45.2 Å². The molecular weight excluding hydrogens is 263 g/mol. The van der Waals surface area contributed by atoms with Gasteiger partial charge < -0.3 is 18.8 Å². The highest BCUT2D eigenvalue weighted by Crippen LogP contribution is 2.37. The van der Waals surface area contributed by atoms with Gasteiger partial charge in [0.1, 0.15) is 0 Å². The van der Waals surface area contributed by atoms with Crippen molar-refractivity contribution in [2.75, 3.05) is 13.2 Å². The van der Waals surface area contributed by atoms with Crippen LogP contribution in [0, 0.1) is 0 Å². The molecule has 3 rings (SSSR count). The van der Waals surface area contributed by atoms with Gasteiger partial charge in [0.15, 0.2) is 6.29 Å². The van der Waals surface area contributed by atoms with E-state index in [-0.39, 0.29) is 24.6 Å². The van der Waals surface area contributed by atoms with Gasteiger partial charge in [0, 0.05) is 4.78 Å². The average Bonchev–Trinajstić information content (AvgIpc) is 3.00. The molecule has 4 nitrogen and oxygen atoms in total. The molecule has 2 aliphatic rings. The van der Waals surface area contributed by atoms with E-state index in [1.54, 1.807) is 11.3 Å². The maximum Gasteiger partial charge on any atom is 0.505 e. The maximum atomic E-state index is 6.03. The van der Waals surface area contributed by atoms with Gasteiger partial charge in [0.25, 0.3) is 0 Å². The van der Waals surface area contributed by atoms with E-state index in [0.29, 0.717) is 13.2 Å². The molecule has 0 amide bonds. The fourth-order valence-electron chi connectivity index (χ4n) is 2.10. The van der Waals surface area contributed by atoms with Crippen LogP contribution >= 0.6 is 11.3 Å². The lowest BCUT2D eigenvalue weighted by atomic mass is 9.88. The van der Waals surface area contributed by atoms with E-state index in [0.717, 1.165) is 9.65 Å². The summed E-state index contributed by atoms with van der Waals surface area (Å²) in [5.41, 5.74) is -0.607. The minimum Gasteiger partial charge on any atom is -0.399 e. The van der Waals surface area contributed by atoms with Crippen LogP contribution in [0.3, 0.4) is 0 Å². The third-order valence-corrected chi connectivity index (χ3v) is 5.12. The van der Waals surface area contributed by atoms with Crippen LogP contribution < -0.4 is 4.78 Å². The van der Waals surface area contributed by atoms with Crippen LogP contribution in [0.25, 0.3) is 0 Å². The highest BCUT2D eigenvalue weighted by Gasteiger charge is 2.52. The van der Waals surface area contributed by atoms with Crippen LogP contribution in [-0.4, -0.2) is 31.5 Å². The summed E-state index contributed by atoms with van der Waals surface area (Å²) in [5.74, 6) is 0. The molecule has 1 aromatic heterocycles. The average molecular weight is 282 g/mol. The second-order valence-electron chi connectivity index (χ2n) is 5.90. The minimum absolute atomic E-state index is 0.221. The van der Waals surface area contributed by atoms with E-state index in [1.165, 1.54) is 0 Å². The van der Waals surface area contributed by atoms with E-state index in [9.17, 15) is 0 Å². The molecule has 0 saturated carbocycles. The quantitative estimate of drug-likeness (QED) is 0.778. The molecule has 1 aromatic rings. The van der Waals surface area contributed by atoms with Crippen LogP contribution in [0.15, 0.2) is 12.1 Å². The second-order valence-corrected chi connectivity index (χ2v) is 7.05. The standard InChI is InChI=1S/C13H19BO4S/c1-12(2)13(3,4)18-14(17-12)10-6-5-9(19-10)11-15-7-8-16-11/h5-6,11H,7-8H2,1-4H3. The predicted octanol–water partition coefficient (Wildman–Crippen LogP) is 2.09. The zero-order valence-corrected chi connectivity index (χ0v) is 12.6. The largest absolute Gasteiger partial charge is 0.505 e. The highest BCUT2D eigenvalue weighted by molar-refractivity contribution is 7.22. The summed E-state index contributed by atoms with van der Waals surface area (Å²) in [7, 11) is -0.301. The zero-order valence-electron chi connectivity index (χ0n) is 11.8. The third-order valence-electron chi connectivity index (χ3n) is 3.99. The first-order valence-electron chi connectivity index (χ1n) is 6.57. The van der Waals surface area contributed by atoms with Crippen molar-refractivity contribution in [3.8, 4) is 0 Å². The molecule has 3 heterocycles. The lowest BCUT2D eigenvalue weighted by Gasteiger charge is -2.32. The molecule has 104 valence electrons. The first-order valence-corrected chi connectivity index (χ1v) is 7.39. The van der Waals surface area contributed by atoms with Crippen molar-refractivity contribution in [3.63, 3.8) is 0 Å². The molecular formula is C13H19BO4S. The number of hydrogen-bond donors (Lipinski definition) is 0. The Morgan fingerprint density at radius 2 is 1.63 bits per heavy atom. The lowest BCUT2D eigenvalue weighted by molar-refractivity contribution is -0.0413. The number of thiophene rings is 1. The molecule has 0 atom stereocenters. The van der Waals surface area contributed by atoms with Crippen LogP contribution in [0.1, 0.15) is 38.9 Å². The van der Waals surface area contributed by atoms with Gasteiger partial charge in [-0.2, -0.15) is 0 Å². The normalized spacial score (nSPS) is 26.2. The maximum absolute atomic E-state index is 6.03. The van der Waals surface area contributed by atoms with E-state index in [2.05, 4.69) is 27.7 Å². The van der Waals surface area contributed by atoms with Crippen molar-refractivity contribution in [1.29, 1.82) is 0 Å². The molecule has 0 bridgehead atoms. The highest BCUT2D eigenvalue weighted by atomic mass is 32.1. The summed E-state index contributed by atoms with van der Waals surface area (Å²) in [5, 5.41) is 0. The third kappa shape index (κ3) is 2.36. The summed E-state index contributed by atoms with van der Waals surface area (Å²) < 4.78 is 24.1. The summed E-state index contributed by atoms with van der Waals surface area (Å²) in [6.07, 6.45) is -0.221. The first kappa shape index (κ1) is 13.6. The van der Waals surface area contributed by atoms with Gasteiger partial charge in [-0.25, -0.2) is 0 Å². The lowest BCUT2D eigenvalue weighted by Crippen LogP contribution is -2.41. The second kappa shape index (κ2) is 4.57. The fourth-order valence-corrected chi connectivity index (χ4v) is 3.07. The van der Waals surface area contributed by atoms with Crippen LogP contribution in [-0.2, 0) is 18.8 Å². The molecule has 2 fully saturated rings. The summed E-state index contributed by atoms with van der Waals surface area (Å²) in [4.78, 5) is 1.07. The Kier molecular flexibility index (Phi) is 3.26. The van der Waals surface area contributed by atoms with Gasteiger partial charge in [-0.1, -0.05) is 6.07 Å².